The van der Waals surface area contributed by atoms with Gasteiger partial charge in [0.2, 0.25) is 11.8 Å². The van der Waals surface area contributed by atoms with E-state index in [9.17, 15) is 9.59 Å². The molecule has 0 spiro atoms. The molecule has 4 nitrogen and oxygen atoms in total. The van der Waals surface area contributed by atoms with Crippen LogP contribution in [-0.4, -0.2) is 29.8 Å². The van der Waals surface area contributed by atoms with Gasteiger partial charge in [0.15, 0.2) is 0 Å². The summed E-state index contributed by atoms with van der Waals surface area (Å²) in [5.74, 6) is -0.316. The summed E-state index contributed by atoms with van der Waals surface area (Å²) < 4.78 is 0. The van der Waals surface area contributed by atoms with Crippen molar-refractivity contribution in [1.82, 2.24) is 10.2 Å². The number of nitrogens with zero attached hydrogens (tertiary/aromatic N) is 1. The van der Waals surface area contributed by atoms with Crippen molar-refractivity contribution in [3.8, 4) is 0 Å². The first-order chi connectivity index (χ1) is 10.8. The molecule has 0 radical (unpaired) electrons. The number of carbonyl (C=O) groups is 2. The van der Waals surface area contributed by atoms with Gasteiger partial charge in [-0.2, -0.15) is 0 Å². The predicted octanol–water partition coefficient (Wildman–Crippen LogP) is 3.29. The Morgan fingerprint density at radius 2 is 1.74 bits per heavy atom. The van der Waals surface area contributed by atoms with Crippen molar-refractivity contribution in [3.05, 3.63) is 35.4 Å². The molecule has 23 heavy (non-hydrogen) atoms. The Labute approximate surface area is 140 Å². The fourth-order valence-electron chi connectivity index (χ4n) is 2.57. The zero-order valence-corrected chi connectivity index (χ0v) is 15.1. The Morgan fingerprint density at radius 1 is 1.13 bits per heavy atom. The van der Waals surface area contributed by atoms with Gasteiger partial charge in [-0.25, -0.2) is 0 Å². The quantitative estimate of drug-likeness (QED) is 0.748. The first-order valence-electron chi connectivity index (χ1n) is 8.46. The molecule has 0 heterocycles. The fourth-order valence-corrected chi connectivity index (χ4v) is 2.57. The summed E-state index contributed by atoms with van der Waals surface area (Å²) in [6, 6.07) is 8.00. The lowest BCUT2D eigenvalue weighted by Crippen LogP contribution is -2.49. The largest absolute Gasteiger partial charge is 0.351 e. The number of amides is 2. The molecule has 0 aliphatic carbocycles. The summed E-state index contributed by atoms with van der Waals surface area (Å²) in [5.41, 5.74) is 1.15. The molecule has 0 atom stereocenters. The number of hydrogen-bond acceptors (Lipinski definition) is 2. The summed E-state index contributed by atoms with van der Waals surface area (Å²) in [5, 5.41) is 2.90. The molecule has 2 amide bonds. The third kappa shape index (κ3) is 5.38. The van der Waals surface area contributed by atoms with E-state index in [4.69, 9.17) is 0 Å². The molecule has 0 bridgehead atoms. The van der Waals surface area contributed by atoms with Gasteiger partial charge < -0.3 is 10.2 Å². The Balaban J connectivity index is 2.73. The zero-order valence-electron chi connectivity index (χ0n) is 15.1. The van der Waals surface area contributed by atoms with Gasteiger partial charge in [-0.3, -0.25) is 9.59 Å². The molecule has 1 aromatic rings. The Hall–Kier alpha value is -1.84. The second-order valence-electron chi connectivity index (χ2n) is 6.59. The normalized spacial score (nSPS) is 11.2. The number of carbonyl (C=O) groups excluding carboxylic acids is 2. The third-order valence-electron chi connectivity index (χ3n) is 3.91. The first kappa shape index (κ1) is 19.2. The minimum absolute atomic E-state index is 0.0945. The summed E-state index contributed by atoms with van der Waals surface area (Å²) in [4.78, 5) is 27.0. The Bertz CT molecular complexity index is 532. The third-order valence-corrected chi connectivity index (χ3v) is 3.91. The molecular formula is C19H30N2O2. The molecule has 0 aliphatic rings. The number of nitrogens with one attached hydrogen (secondary N) is 1. The maximum absolute atomic E-state index is 12.7. The molecule has 0 saturated carbocycles. The molecule has 0 aliphatic heterocycles. The zero-order chi connectivity index (χ0) is 17.5. The average molecular weight is 318 g/mol. The molecular weight excluding hydrogens is 288 g/mol. The van der Waals surface area contributed by atoms with E-state index in [0.717, 1.165) is 24.0 Å². The van der Waals surface area contributed by atoms with Crippen LogP contribution in [0, 0.1) is 12.3 Å². The van der Waals surface area contributed by atoms with Crippen LogP contribution in [0.3, 0.4) is 0 Å². The fraction of sp³-hybridized carbons (Fsp3) is 0.579. The molecule has 1 N–H and O–H groups in total. The molecule has 1 rings (SSSR count). The smallest absolute Gasteiger partial charge is 0.237 e. The van der Waals surface area contributed by atoms with Crippen LogP contribution >= 0.6 is 0 Å². The van der Waals surface area contributed by atoms with Crippen LogP contribution in [0.1, 0.15) is 51.7 Å². The number of hydrogen-bond donors (Lipinski definition) is 1. The predicted molar refractivity (Wildman–Crippen MR) is 94.0 cm³/mol. The maximum atomic E-state index is 12.7. The van der Waals surface area contributed by atoms with E-state index in [1.54, 1.807) is 18.7 Å². The maximum Gasteiger partial charge on any atom is 0.237 e. The highest BCUT2D eigenvalue weighted by Gasteiger charge is 2.38. The van der Waals surface area contributed by atoms with Crippen LogP contribution in [0.5, 0.6) is 0 Å². The van der Waals surface area contributed by atoms with Gasteiger partial charge in [0.25, 0.3) is 0 Å². The summed E-state index contributed by atoms with van der Waals surface area (Å²) >= 11 is 0. The van der Waals surface area contributed by atoms with E-state index < -0.39 is 5.41 Å². The lowest BCUT2D eigenvalue weighted by Gasteiger charge is -2.30. The van der Waals surface area contributed by atoms with Crippen molar-refractivity contribution in [2.24, 2.45) is 5.41 Å². The monoisotopic (exact) mass is 318 g/mol. The number of rotatable bonds is 8. The Kier molecular flexibility index (Phi) is 7.27. The standard InChI is InChI=1S/C19H30N2O2/c1-6-11-21(12-7-2)18(23)19(4,5)17(22)20-14-16-10-8-9-15(3)13-16/h8-10,13H,6-7,11-12,14H2,1-5H3,(H,20,22). The van der Waals surface area contributed by atoms with Gasteiger partial charge in [0.1, 0.15) is 5.41 Å². The Morgan fingerprint density at radius 3 is 2.26 bits per heavy atom. The molecule has 0 unspecified atom stereocenters. The van der Waals surface area contributed by atoms with Gasteiger partial charge in [0, 0.05) is 19.6 Å². The van der Waals surface area contributed by atoms with Gasteiger partial charge in [0.05, 0.1) is 0 Å². The van der Waals surface area contributed by atoms with Gasteiger partial charge in [-0.1, -0.05) is 43.7 Å². The minimum atomic E-state index is -1.05. The second kappa shape index (κ2) is 8.70. The summed E-state index contributed by atoms with van der Waals surface area (Å²) in [6.07, 6.45) is 1.79. The van der Waals surface area contributed by atoms with Crippen LogP contribution in [-0.2, 0) is 16.1 Å². The SMILES string of the molecule is CCCN(CCC)C(=O)C(C)(C)C(=O)NCc1cccc(C)c1. The van der Waals surface area contributed by atoms with E-state index in [1.807, 2.05) is 45.0 Å². The van der Waals surface area contributed by atoms with Gasteiger partial charge >= 0.3 is 0 Å². The van der Waals surface area contributed by atoms with Crippen molar-refractivity contribution >= 4 is 11.8 Å². The van der Waals surface area contributed by atoms with Crippen molar-refractivity contribution in [2.45, 2.75) is 54.0 Å². The van der Waals surface area contributed by atoms with Crippen LogP contribution in [0.15, 0.2) is 24.3 Å². The molecule has 0 saturated heterocycles. The molecule has 0 aromatic heterocycles. The molecule has 128 valence electrons. The average Bonchev–Trinajstić information content (AvgIpc) is 2.51. The van der Waals surface area contributed by atoms with Crippen molar-refractivity contribution in [1.29, 1.82) is 0 Å². The molecule has 1 aromatic carbocycles. The minimum Gasteiger partial charge on any atom is -0.351 e. The lowest BCUT2D eigenvalue weighted by atomic mass is 9.90. The summed E-state index contributed by atoms with van der Waals surface area (Å²) in [6.45, 7) is 11.4. The van der Waals surface area contributed by atoms with Gasteiger partial charge in [-0.15, -0.1) is 0 Å². The molecule has 4 heteroatoms. The van der Waals surface area contributed by atoms with Crippen molar-refractivity contribution in [2.75, 3.05) is 13.1 Å². The van der Waals surface area contributed by atoms with Crippen molar-refractivity contribution < 1.29 is 9.59 Å². The first-order valence-corrected chi connectivity index (χ1v) is 8.46. The van der Waals surface area contributed by atoms with Gasteiger partial charge in [-0.05, 0) is 39.2 Å². The summed E-state index contributed by atoms with van der Waals surface area (Å²) in [7, 11) is 0. The van der Waals surface area contributed by atoms with Crippen molar-refractivity contribution in [3.63, 3.8) is 0 Å². The number of benzene rings is 1. The highest BCUT2D eigenvalue weighted by Crippen LogP contribution is 2.20. The van der Waals surface area contributed by atoms with E-state index in [-0.39, 0.29) is 11.8 Å². The van der Waals surface area contributed by atoms with E-state index >= 15 is 0 Å². The highest BCUT2D eigenvalue weighted by molar-refractivity contribution is 6.04. The van der Waals surface area contributed by atoms with Crippen LogP contribution in [0.2, 0.25) is 0 Å². The van der Waals surface area contributed by atoms with Crippen LogP contribution in [0.4, 0.5) is 0 Å². The molecule has 0 fully saturated rings. The van der Waals surface area contributed by atoms with E-state index in [1.165, 1.54) is 0 Å². The lowest BCUT2D eigenvalue weighted by molar-refractivity contribution is -0.148. The van der Waals surface area contributed by atoms with E-state index in [2.05, 4.69) is 5.32 Å². The highest BCUT2D eigenvalue weighted by atomic mass is 16.2. The second-order valence-corrected chi connectivity index (χ2v) is 6.59. The van der Waals surface area contributed by atoms with Crippen LogP contribution in [0.25, 0.3) is 0 Å². The number of aryl methyl sites for hydroxylation is 1. The topological polar surface area (TPSA) is 49.4 Å². The van der Waals surface area contributed by atoms with Crippen LogP contribution < -0.4 is 5.32 Å². The van der Waals surface area contributed by atoms with E-state index in [0.29, 0.717) is 19.6 Å².